The van der Waals surface area contributed by atoms with Crippen molar-refractivity contribution in [1.82, 2.24) is 0 Å². The molecule has 0 saturated heterocycles. The molecule has 0 nitrogen and oxygen atoms in total. The van der Waals surface area contributed by atoms with Crippen LogP contribution in [0.3, 0.4) is 0 Å². The number of hydrogen-bond acceptors (Lipinski definition) is 0. The molecule has 1 aromatic rings. The van der Waals surface area contributed by atoms with E-state index >= 15 is 0 Å². The Morgan fingerprint density at radius 1 is 1.45 bits per heavy atom. The second-order valence-corrected chi connectivity index (χ2v) is 3.99. The molecular formula is C8H8Cl2Si. The Kier molecular flexibility index (Phi) is 3.43. The van der Waals surface area contributed by atoms with Crippen molar-refractivity contribution >= 4 is 36.7 Å². The Morgan fingerprint density at radius 2 is 2.18 bits per heavy atom. The molecule has 11 heavy (non-hydrogen) atoms. The molecule has 3 heteroatoms. The van der Waals surface area contributed by atoms with Crippen molar-refractivity contribution in [2.24, 2.45) is 0 Å². The fourth-order valence-electron chi connectivity index (χ4n) is 0.893. The predicted molar refractivity (Wildman–Crippen MR) is 52.1 cm³/mol. The van der Waals surface area contributed by atoms with Crippen molar-refractivity contribution in [3.8, 4) is 0 Å². The largest absolute Gasteiger partial charge is 0.210 e. The van der Waals surface area contributed by atoms with Gasteiger partial charge in [-0.3, -0.25) is 0 Å². The number of aryl methyl sites for hydroxylation is 1. The van der Waals surface area contributed by atoms with Crippen LogP contribution in [0.25, 0.3) is 0 Å². The van der Waals surface area contributed by atoms with Crippen LogP contribution >= 0.6 is 22.7 Å². The summed E-state index contributed by atoms with van der Waals surface area (Å²) in [5.74, 6) is 0. The highest BCUT2D eigenvalue weighted by Gasteiger charge is 1.98. The summed E-state index contributed by atoms with van der Waals surface area (Å²) < 4.78 is 0. The maximum atomic E-state index is 5.95. The summed E-state index contributed by atoms with van der Waals surface area (Å²) in [6, 6.07) is 6.00. The third-order valence-electron chi connectivity index (χ3n) is 1.54. The Hall–Kier alpha value is 0.0169. The minimum Gasteiger partial charge on any atom is -0.165 e. The normalized spacial score (nSPS) is 10.1. The van der Waals surface area contributed by atoms with Gasteiger partial charge in [-0.2, -0.15) is 11.1 Å². The average molecular weight is 203 g/mol. The molecule has 2 radical (unpaired) electrons. The van der Waals surface area contributed by atoms with Gasteiger partial charge in [0, 0.05) is 5.02 Å². The molecule has 0 unspecified atom stereocenters. The molecule has 58 valence electrons. The second-order valence-electron chi connectivity index (χ2n) is 2.25. The SMILES string of the molecule is CCc1ccc([Si]Cl)cc1Cl. The molecule has 0 amide bonds. The molecule has 0 aromatic heterocycles. The smallest absolute Gasteiger partial charge is 0.165 e. The first kappa shape index (κ1) is 9.11. The van der Waals surface area contributed by atoms with Gasteiger partial charge < -0.3 is 0 Å². The molecule has 1 aromatic carbocycles. The van der Waals surface area contributed by atoms with Gasteiger partial charge in [-0.25, -0.2) is 0 Å². The summed E-state index contributed by atoms with van der Waals surface area (Å²) in [5.41, 5.74) is 1.19. The number of rotatable bonds is 2. The van der Waals surface area contributed by atoms with E-state index in [-0.39, 0.29) is 0 Å². The summed E-state index contributed by atoms with van der Waals surface area (Å²) in [5, 5.41) is 1.94. The maximum Gasteiger partial charge on any atom is 0.210 e. The summed E-state index contributed by atoms with van der Waals surface area (Å²) in [7, 11) is 0.312. The fraction of sp³-hybridized carbons (Fsp3) is 0.250. The standard InChI is InChI=1S/C8H8Cl2Si/c1-2-6-3-4-7(11-10)5-8(6)9/h3-5H,2H2,1H3. The van der Waals surface area contributed by atoms with E-state index in [4.69, 9.17) is 22.7 Å². The van der Waals surface area contributed by atoms with Gasteiger partial charge in [0.1, 0.15) is 0 Å². The molecule has 0 heterocycles. The highest BCUT2D eigenvalue weighted by atomic mass is 35.6. The van der Waals surface area contributed by atoms with Crippen LogP contribution in [0.5, 0.6) is 0 Å². The van der Waals surface area contributed by atoms with Crippen LogP contribution in [0.4, 0.5) is 0 Å². The van der Waals surface area contributed by atoms with Crippen LogP contribution in [-0.2, 0) is 6.42 Å². The van der Waals surface area contributed by atoms with Gasteiger partial charge >= 0.3 is 0 Å². The number of hydrogen-bond donors (Lipinski definition) is 0. The van der Waals surface area contributed by atoms with Crippen molar-refractivity contribution in [2.45, 2.75) is 13.3 Å². The summed E-state index contributed by atoms with van der Waals surface area (Å²) in [6.45, 7) is 2.09. The topological polar surface area (TPSA) is 0 Å². The van der Waals surface area contributed by atoms with E-state index < -0.39 is 0 Å². The van der Waals surface area contributed by atoms with E-state index in [1.165, 1.54) is 5.56 Å². The van der Waals surface area contributed by atoms with E-state index in [9.17, 15) is 0 Å². The summed E-state index contributed by atoms with van der Waals surface area (Å²) in [4.78, 5) is 0. The van der Waals surface area contributed by atoms with Crippen LogP contribution in [0.1, 0.15) is 12.5 Å². The second kappa shape index (κ2) is 4.15. The zero-order valence-electron chi connectivity index (χ0n) is 6.20. The van der Waals surface area contributed by atoms with E-state index in [0.29, 0.717) is 8.83 Å². The summed E-state index contributed by atoms with van der Waals surface area (Å²) in [6.07, 6.45) is 0.977. The molecule has 0 bridgehead atoms. The Bertz CT molecular complexity index is 248. The lowest BCUT2D eigenvalue weighted by atomic mass is 10.2. The van der Waals surface area contributed by atoms with Gasteiger partial charge in [-0.05, 0) is 23.2 Å². The van der Waals surface area contributed by atoms with Crippen molar-refractivity contribution in [2.75, 3.05) is 0 Å². The molecule has 0 atom stereocenters. The molecule has 0 saturated carbocycles. The van der Waals surface area contributed by atoms with Crippen LogP contribution in [0.15, 0.2) is 18.2 Å². The lowest BCUT2D eigenvalue weighted by Crippen LogP contribution is -2.08. The third-order valence-corrected chi connectivity index (χ3v) is 3.08. The minimum absolute atomic E-state index is 0.312. The maximum absolute atomic E-state index is 5.95. The van der Waals surface area contributed by atoms with Crippen LogP contribution in [-0.4, -0.2) is 8.83 Å². The van der Waals surface area contributed by atoms with Gasteiger partial charge in [0.25, 0.3) is 0 Å². The molecule has 1 rings (SSSR count). The molecule has 0 N–H and O–H groups in total. The molecule has 0 aliphatic rings. The van der Waals surface area contributed by atoms with Gasteiger partial charge in [-0.1, -0.05) is 30.7 Å². The van der Waals surface area contributed by atoms with Gasteiger partial charge in [0.2, 0.25) is 8.83 Å². The molecule has 0 aliphatic heterocycles. The van der Waals surface area contributed by atoms with E-state index in [0.717, 1.165) is 16.6 Å². The monoisotopic (exact) mass is 202 g/mol. The van der Waals surface area contributed by atoms with Gasteiger partial charge in [0.15, 0.2) is 0 Å². The van der Waals surface area contributed by atoms with Crippen molar-refractivity contribution in [1.29, 1.82) is 0 Å². The summed E-state index contributed by atoms with van der Waals surface area (Å²) >= 11 is 11.6. The predicted octanol–water partition coefficient (Wildman–Crippen LogP) is 2.39. The zero-order chi connectivity index (χ0) is 8.27. The zero-order valence-corrected chi connectivity index (χ0v) is 8.71. The lowest BCUT2D eigenvalue weighted by molar-refractivity contribution is 1.14. The Labute approximate surface area is 79.0 Å². The fourth-order valence-corrected chi connectivity index (χ4v) is 2.00. The van der Waals surface area contributed by atoms with Crippen LogP contribution < -0.4 is 5.19 Å². The highest BCUT2D eigenvalue weighted by molar-refractivity contribution is 7.01. The first-order valence-corrected chi connectivity index (χ1v) is 5.82. The van der Waals surface area contributed by atoms with Crippen molar-refractivity contribution < 1.29 is 0 Å². The minimum atomic E-state index is 0.312. The van der Waals surface area contributed by atoms with Crippen LogP contribution in [0, 0.1) is 0 Å². The van der Waals surface area contributed by atoms with Crippen LogP contribution in [0.2, 0.25) is 5.02 Å². The Morgan fingerprint density at radius 3 is 2.64 bits per heavy atom. The molecular weight excluding hydrogens is 195 g/mol. The van der Waals surface area contributed by atoms with E-state index in [2.05, 4.69) is 6.92 Å². The Balaban J connectivity index is 2.99. The van der Waals surface area contributed by atoms with E-state index in [1.807, 2.05) is 18.2 Å². The quantitative estimate of drug-likeness (QED) is 0.511. The average Bonchev–Trinajstić information content (AvgIpc) is 2.04. The molecule has 0 spiro atoms. The third kappa shape index (κ3) is 2.22. The first-order valence-electron chi connectivity index (χ1n) is 3.43. The van der Waals surface area contributed by atoms with Gasteiger partial charge in [-0.15, -0.1) is 0 Å². The lowest BCUT2D eigenvalue weighted by Gasteiger charge is -2.01. The highest BCUT2D eigenvalue weighted by Crippen LogP contribution is 2.13. The molecule has 0 fully saturated rings. The van der Waals surface area contributed by atoms with Crippen molar-refractivity contribution in [3.63, 3.8) is 0 Å². The molecule has 0 aliphatic carbocycles. The van der Waals surface area contributed by atoms with E-state index in [1.54, 1.807) is 0 Å². The number of benzene rings is 1. The van der Waals surface area contributed by atoms with Crippen molar-refractivity contribution in [3.05, 3.63) is 28.8 Å². The first-order chi connectivity index (χ1) is 5.27. The number of halogens is 2. The van der Waals surface area contributed by atoms with Gasteiger partial charge in [0.05, 0.1) is 0 Å².